The van der Waals surface area contributed by atoms with Crippen molar-refractivity contribution in [2.45, 2.75) is 32.7 Å². The predicted molar refractivity (Wildman–Crippen MR) is 119 cm³/mol. The molecule has 0 spiro atoms. The molecule has 1 atom stereocenters. The average Bonchev–Trinajstić information content (AvgIpc) is 3.11. The van der Waals surface area contributed by atoms with E-state index < -0.39 is 0 Å². The topological polar surface area (TPSA) is 54.7 Å². The summed E-state index contributed by atoms with van der Waals surface area (Å²) in [5, 5.41) is 3.66. The lowest BCUT2D eigenvalue weighted by Crippen LogP contribution is -2.43. The lowest BCUT2D eigenvalue weighted by molar-refractivity contribution is 0.0161. The van der Waals surface area contributed by atoms with Crippen molar-refractivity contribution in [2.24, 2.45) is 0 Å². The highest BCUT2D eigenvalue weighted by Gasteiger charge is 2.25. The minimum Gasteiger partial charge on any atom is -0.451 e. The molecule has 4 rings (SSSR count). The van der Waals surface area contributed by atoms with Gasteiger partial charge in [-0.2, -0.15) is 0 Å². The molecule has 0 saturated carbocycles. The molecule has 3 aromatic rings. The van der Waals surface area contributed by atoms with Gasteiger partial charge in [-0.25, -0.2) is 4.39 Å². The number of fused-ring (bicyclic) bond motifs is 1. The highest BCUT2D eigenvalue weighted by atomic mass is 19.1. The highest BCUT2D eigenvalue weighted by Crippen LogP contribution is 2.27. The van der Waals surface area contributed by atoms with Crippen LogP contribution < -0.4 is 5.32 Å². The number of halogens is 1. The molecule has 5 nitrogen and oxygen atoms in total. The van der Waals surface area contributed by atoms with Gasteiger partial charge in [-0.1, -0.05) is 38.1 Å². The SMILES string of the molecule is Cc1c(C(=O)NCC(c2ccc(C(C)C)cc2)N2CCOCC2)oc2ccc(F)cc12. The van der Waals surface area contributed by atoms with Crippen LogP contribution in [0.5, 0.6) is 0 Å². The normalized spacial score (nSPS) is 16.0. The molecule has 1 N–H and O–H groups in total. The number of nitrogens with zero attached hydrogens (tertiary/aromatic N) is 1. The Morgan fingerprint density at radius 1 is 1.10 bits per heavy atom. The van der Waals surface area contributed by atoms with Crippen LogP contribution in [0.3, 0.4) is 0 Å². The van der Waals surface area contributed by atoms with Crippen LogP contribution in [0.2, 0.25) is 0 Å². The number of ether oxygens (including phenoxy) is 1. The third-order valence-electron chi connectivity index (χ3n) is 6.03. The molecule has 1 aliphatic heterocycles. The number of carbonyl (C=O) groups excluding carboxylic acids is 1. The fraction of sp³-hybridized carbons (Fsp3) is 0.400. The molecule has 1 aromatic heterocycles. The summed E-state index contributed by atoms with van der Waals surface area (Å²) < 4.78 is 24.8. The van der Waals surface area contributed by atoms with E-state index in [0.717, 1.165) is 18.7 Å². The molecular formula is C25H29FN2O3. The lowest BCUT2D eigenvalue weighted by atomic mass is 9.98. The first kappa shape index (κ1) is 21.5. The van der Waals surface area contributed by atoms with Crippen LogP contribution in [0.1, 0.15) is 53.1 Å². The van der Waals surface area contributed by atoms with Gasteiger partial charge < -0.3 is 14.5 Å². The van der Waals surface area contributed by atoms with Crippen LogP contribution in [-0.2, 0) is 4.74 Å². The summed E-state index contributed by atoms with van der Waals surface area (Å²) in [6, 6.07) is 13.0. The zero-order chi connectivity index (χ0) is 22.0. The molecule has 2 heterocycles. The van der Waals surface area contributed by atoms with Crippen LogP contribution >= 0.6 is 0 Å². The van der Waals surface area contributed by atoms with Gasteiger partial charge in [0.05, 0.1) is 19.3 Å². The number of amides is 1. The van der Waals surface area contributed by atoms with E-state index in [2.05, 4.69) is 48.3 Å². The molecule has 6 heteroatoms. The molecule has 0 radical (unpaired) electrons. The highest BCUT2D eigenvalue weighted by molar-refractivity contribution is 5.98. The van der Waals surface area contributed by atoms with Crippen molar-refractivity contribution in [1.82, 2.24) is 10.2 Å². The summed E-state index contributed by atoms with van der Waals surface area (Å²) in [5.74, 6) is 0.0692. The zero-order valence-corrected chi connectivity index (χ0v) is 18.3. The fourth-order valence-corrected chi connectivity index (χ4v) is 4.13. The van der Waals surface area contributed by atoms with Gasteiger partial charge in [0.15, 0.2) is 5.76 Å². The van der Waals surface area contributed by atoms with Crippen LogP contribution in [-0.4, -0.2) is 43.7 Å². The fourth-order valence-electron chi connectivity index (χ4n) is 4.13. The minimum atomic E-state index is -0.347. The van der Waals surface area contributed by atoms with Crippen LogP contribution in [0.25, 0.3) is 11.0 Å². The van der Waals surface area contributed by atoms with E-state index in [0.29, 0.717) is 42.2 Å². The number of rotatable bonds is 6. The summed E-state index contributed by atoms with van der Waals surface area (Å²) in [6.45, 7) is 9.58. The van der Waals surface area contributed by atoms with Crippen LogP contribution in [0.4, 0.5) is 4.39 Å². The summed E-state index contributed by atoms with van der Waals surface area (Å²) in [7, 11) is 0. The van der Waals surface area contributed by atoms with Gasteiger partial charge >= 0.3 is 0 Å². The summed E-state index contributed by atoms with van der Waals surface area (Å²) >= 11 is 0. The molecule has 1 amide bonds. The molecule has 164 valence electrons. The number of nitrogens with one attached hydrogen (secondary N) is 1. The van der Waals surface area contributed by atoms with Gasteiger partial charge in [0.25, 0.3) is 5.91 Å². The molecular weight excluding hydrogens is 395 g/mol. The zero-order valence-electron chi connectivity index (χ0n) is 18.3. The Morgan fingerprint density at radius 3 is 2.45 bits per heavy atom. The Morgan fingerprint density at radius 2 is 1.77 bits per heavy atom. The van der Waals surface area contributed by atoms with E-state index in [1.165, 1.54) is 17.7 Å². The van der Waals surface area contributed by atoms with E-state index in [4.69, 9.17) is 9.15 Å². The van der Waals surface area contributed by atoms with Gasteiger partial charge in [0.1, 0.15) is 11.4 Å². The molecule has 1 fully saturated rings. The van der Waals surface area contributed by atoms with Crippen molar-refractivity contribution in [3.05, 3.63) is 70.7 Å². The lowest BCUT2D eigenvalue weighted by Gasteiger charge is -2.35. The van der Waals surface area contributed by atoms with Crippen molar-refractivity contribution in [1.29, 1.82) is 0 Å². The predicted octanol–water partition coefficient (Wildman–Crippen LogP) is 4.81. The molecule has 0 aliphatic carbocycles. The van der Waals surface area contributed by atoms with Crippen molar-refractivity contribution < 1.29 is 18.3 Å². The maximum atomic E-state index is 13.6. The number of benzene rings is 2. The first-order valence-electron chi connectivity index (χ1n) is 10.8. The summed E-state index contributed by atoms with van der Waals surface area (Å²) in [5.41, 5.74) is 3.61. The Hall–Kier alpha value is -2.70. The Bertz CT molecular complexity index is 1050. The minimum absolute atomic E-state index is 0.0381. The molecule has 0 bridgehead atoms. The van der Waals surface area contributed by atoms with E-state index in [-0.39, 0.29) is 23.5 Å². The number of morpholine rings is 1. The van der Waals surface area contributed by atoms with Gasteiger partial charge in [-0.05, 0) is 42.2 Å². The van der Waals surface area contributed by atoms with Gasteiger partial charge in [0, 0.05) is 30.6 Å². The van der Waals surface area contributed by atoms with Crippen LogP contribution in [0.15, 0.2) is 46.9 Å². The maximum absolute atomic E-state index is 13.6. The molecule has 1 aliphatic rings. The van der Waals surface area contributed by atoms with Crippen molar-refractivity contribution >= 4 is 16.9 Å². The van der Waals surface area contributed by atoms with E-state index >= 15 is 0 Å². The van der Waals surface area contributed by atoms with Crippen molar-refractivity contribution in [3.63, 3.8) is 0 Å². The Balaban J connectivity index is 1.54. The van der Waals surface area contributed by atoms with E-state index in [1.807, 2.05) is 0 Å². The number of hydrogen-bond donors (Lipinski definition) is 1. The second-order valence-electron chi connectivity index (χ2n) is 8.39. The molecule has 1 unspecified atom stereocenters. The Kier molecular flexibility index (Phi) is 6.39. The molecule has 2 aromatic carbocycles. The standard InChI is InChI=1S/C25H29FN2O3/c1-16(2)18-4-6-19(7-5-18)22(28-10-12-30-13-11-28)15-27-25(29)24-17(3)21-14-20(26)8-9-23(21)31-24/h4-9,14,16,22H,10-13,15H2,1-3H3,(H,27,29). The Labute approximate surface area is 182 Å². The van der Waals surface area contributed by atoms with Crippen molar-refractivity contribution in [3.8, 4) is 0 Å². The average molecular weight is 425 g/mol. The van der Waals surface area contributed by atoms with Crippen molar-refractivity contribution in [2.75, 3.05) is 32.8 Å². The molecule has 31 heavy (non-hydrogen) atoms. The smallest absolute Gasteiger partial charge is 0.287 e. The van der Waals surface area contributed by atoms with Gasteiger partial charge in [0.2, 0.25) is 0 Å². The third-order valence-corrected chi connectivity index (χ3v) is 6.03. The first-order valence-corrected chi connectivity index (χ1v) is 10.8. The van der Waals surface area contributed by atoms with E-state index in [1.54, 1.807) is 13.0 Å². The number of carbonyl (C=O) groups is 1. The summed E-state index contributed by atoms with van der Waals surface area (Å²) in [6.07, 6.45) is 0. The third kappa shape index (κ3) is 4.65. The van der Waals surface area contributed by atoms with E-state index in [9.17, 15) is 9.18 Å². The van der Waals surface area contributed by atoms with Gasteiger partial charge in [-0.3, -0.25) is 9.69 Å². The number of furan rings is 1. The first-order chi connectivity index (χ1) is 14.9. The monoisotopic (exact) mass is 424 g/mol. The van der Waals surface area contributed by atoms with Gasteiger partial charge in [-0.15, -0.1) is 0 Å². The summed E-state index contributed by atoms with van der Waals surface area (Å²) in [4.78, 5) is 15.3. The second-order valence-corrected chi connectivity index (χ2v) is 8.39. The second kappa shape index (κ2) is 9.20. The molecule has 1 saturated heterocycles. The number of aryl methyl sites for hydroxylation is 1. The quantitative estimate of drug-likeness (QED) is 0.617. The largest absolute Gasteiger partial charge is 0.451 e. The number of hydrogen-bond acceptors (Lipinski definition) is 4. The maximum Gasteiger partial charge on any atom is 0.287 e. The van der Waals surface area contributed by atoms with Crippen LogP contribution in [0, 0.1) is 12.7 Å².